The highest BCUT2D eigenvalue weighted by atomic mass is 32.1. The molecule has 0 unspecified atom stereocenters. The van der Waals surface area contributed by atoms with Crippen LogP contribution < -0.4 is 0 Å². The summed E-state index contributed by atoms with van der Waals surface area (Å²) in [6.45, 7) is 3.81. The summed E-state index contributed by atoms with van der Waals surface area (Å²) in [7, 11) is 2.12. The Morgan fingerprint density at radius 1 is 1.24 bits per heavy atom. The number of para-hydroxylation sites is 1. The van der Waals surface area contributed by atoms with E-state index >= 15 is 0 Å². The van der Waals surface area contributed by atoms with Crippen LogP contribution in [0.4, 0.5) is 0 Å². The molecule has 4 nitrogen and oxygen atoms in total. The summed E-state index contributed by atoms with van der Waals surface area (Å²) in [5.41, 5.74) is 1.04. The van der Waals surface area contributed by atoms with Crippen molar-refractivity contribution in [2.75, 3.05) is 33.2 Å². The molecule has 3 rings (SSSR count). The lowest BCUT2D eigenvalue weighted by molar-refractivity contribution is -0.131. The Morgan fingerprint density at radius 2 is 2.10 bits per heavy atom. The molecular weight excluding hydrogens is 282 g/mol. The molecule has 1 aliphatic rings. The number of aryl methyl sites for hydroxylation is 1. The number of benzene rings is 1. The average molecular weight is 303 g/mol. The van der Waals surface area contributed by atoms with Gasteiger partial charge < -0.3 is 9.80 Å². The van der Waals surface area contributed by atoms with E-state index in [1.54, 1.807) is 11.3 Å². The third kappa shape index (κ3) is 3.60. The summed E-state index contributed by atoms with van der Waals surface area (Å²) in [5, 5.41) is 1.07. The van der Waals surface area contributed by atoms with Gasteiger partial charge in [0.05, 0.1) is 15.2 Å². The van der Waals surface area contributed by atoms with Gasteiger partial charge in [0.25, 0.3) is 0 Å². The molecule has 1 fully saturated rings. The molecule has 0 aliphatic carbocycles. The van der Waals surface area contributed by atoms with Crippen LogP contribution in [-0.2, 0) is 11.2 Å². The fourth-order valence-corrected chi connectivity index (χ4v) is 3.66. The van der Waals surface area contributed by atoms with Crippen LogP contribution >= 0.6 is 11.3 Å². The quantitative estimate of drug-likeness (QED) is 0.873. The lowest BCUT2D eigenvalue weighted by atomic mass is 10.2. The highest BCUT2D eigenvalue weighted by Gasteiger charge is 2.17. The zero-order valence-corrected chi connectivity index (χ0v) is 13.2. The smallest absolute Gasteiger partial charge is 0.223 e. The van der Waals surface area contributed by atoms with E-state index in [0.29, 0.717) is 6.42 Å². The first kappa shape index (κ1) is 14.5. The Labute approximate surface area is 129 Å². The Hall–Kier alpha value is -1.46. The Kier molecular flexibility index (Phi) is 4.51. The van der Waals surface area contributed by atoms with Crippen molar-refractivity contribution >= 4 is 27.5 Å². The highest BCUT2D eigenvalue weighted by molar-refractivity contribution is 7.18. The van der Waals surface area contributed by atoms with Crippen molar-refractivity contribution in [2.45, 2.75) is 19.3 Å². The first-order chi connectivity index (χ1) is 10.2. The Balaban J connectivity index is 1.57. The van der Waals surface area contributed by atoms with E-state index < -0.39 is 0 Å². The molecule has 1 aromatic heterocycles. The largest absolute Gasteiger partial charge is 0.341 e. The van der Waals surface area contributed by atoms with Gasteiger partial charge >= 0.3 is 0 Å². The second kappa shape index (κ2) is 6.54. The van der Waals surface area contributed by atoms with Crippen molar-refractivity contribution in [3.63, 3.8) is 0 Å². The molecule has 21 heavy (non-hydrogen) atoms. The van der Waals surface area contributed by atoms with Gasteiger partial charge in [0.15, 0.2) is 0 Å². The maximum absolute atomic E-state index is 12.3. The first-order valence-electron chi connectivity index (χ1n) is 7.53. The number of carbonyl (C=O) groups excluding carboxylic acids is 1. The van der Waals surface area contributed by atoms with Crippen LogP contribution in [-0.4, -0.2) is 53.9 Å². The van der Waals surface area contributed by atoms with Crippen molar-refractivity contribution in [3.05, 3.63) is 29.3 Å². The second-order valence-electron chi connectivity index (χ2n) is 5.61. The molecule has 5 heteroatoms. The van der Waals surface area contributed by atoms with Crippen LogP contribution in [0, 0.1) is 0 Å². The van der Waals surface area contributed by atoms with E-state index in [1.807, 2.05) is 23.1 Å². The van der Waals surface area contributed by atoms with Crippen LogP contribution in [0.2, 0.25) is 0 Å². The molecular formula is C16H21N3OS. The maximum atomic E-state index is 12.3. The van der Waals surface area contributed by atoms with Crippen molar-refractivity contribution in [1.82, 2.24) is 14.8 Å². The fourth-order valence-electron chi connectivity index (χ4n) is 2.69. The molecule has 2 heterocycles. The van der Waals surface area contributed by atoms with Crippen LogP contribution in [0.1, 0.15) is 17.8 Å². The molecule has 1 amide bonds. The van der Waals surface area contributed by atoms with E-state index in [-0.39, 0.29) is 5.91 Å². The summed E-state index contributed by atoms with van der Waals surface area (Å²) in [6, 6.07) is 8.15. The van der Waals surface area contributed by atoms with Gasteiger partial charge in [0.1, 0.15) is 0 Å². The summed E-state index contributed by atoms with van der Waals surface area (Å²) in [5.74, 6) is 0.268. The van der Waals surface area contributed by atoms with Gasteiger partial charge in [-0.1, -0.05) is 12.1 Å². The van der Waals surface area contributed by atoms with Gasteiger partial charge in [-0.15, -0.1) is 11.3 Å². The van der Waals surface area contributed by atoms with Crippen molar-refractivity contribution in [2.24, 2.45) is 0 Å². The highest BCUT2D eigenvalue weighted by Crippen LogP contribution is 2.22. The number of nitrogens with zero attached hydrogens (tertiary/aromatic N) is 3. The summed E-state index contributed by atoms with van der Waals surface area (Å²) < 4.78 is 1.20. The first-order valence-corrected chi connectivity index (χ1v) is 8.35. The lowest BCUT2D eigenvalue weighted by Crippen LogP contribution is -2.34. The maximum Gasteiger partial charge on any atom is 0.223 e. The number of likely N-dealkylation sites (N-methyl/N-ethyl adjacent to an activating group) is 1. The van der Waals surface area contributed by atoms with Gasteiger partial charge in [-0.25, -0.2) is 4.98 Å². The number of hydrogen-bond acceptors (Lipinski definition) is 4. The normalized spacial score (nSPS) is 17.1. The van der Waals surface area contributed by atoms with E-state index in [9.17, 15) is 4.79 Å². The predicted molar refractivity (Wildman–Crippen MR) is 86.6 cm³/mol. The van der Waals surface area contributed by atoms with Crippen molar-refractivity contribution in [1.29, 1.82) is 0 Å². The Bertz CT molecular complexity index is 592. The van der Waals surface area contributed by atoms with Crippen LogP contribution in [0.3, 0.4) is 0 Å². The van der Waals surface area contributed by atoms with Gasteiger partial charge in [0, 0.05) is 32.5 Å². The number of carbonyl (C=O) groups is 1. The van der Waals surface area contributed by atoms with E-state index in [1.165, 1.54) is 4.70 Å². The van der Waals surface area contributed by atoms with Gasteiger partial charge in [0.2, 0.25) is 5.91 Å². The zero-order chi connectivity index (χ0) is 14.7. The summed E-state index contributed by atoms with van der Waals surface area (Å²) in [4.78, 5) is 21.2. The average Bonchev–Trinajstić information content (AvgIpc) is 2.78. The monoisotopic (exact) mass is 303 g/mol. The van der Waals surface area contributed by atoms with Crippen LogP contribution in [0.25, 0.3) is 10.2 Å². The molecule has 0 atom stereocenters. The number of thiazole rings is 1. The van der Waals surface area contributed by atoms with E-state index in [0.717, 1.165) is 49.5 Å². The summed E-state index contributed by atoms with van der Waals surface area (Å²) >= 11 is 1.70. The molecule has 0 saturated carbocycles. The standard InChI is InChI=1S/C16H21N3OS/c1-18-9-4-10-19(12-11-18)16(20)8-7-15-17-13-5-2-3-6-14(13)21-15/h2-3,5-6H,4,7-12H2,1H3. The molecule has 0 spiro atoms. The van der Waals surface area contributed by atoms with E-state index in [2.05, 4.69) is 23.0 Å². The number of amides is 1. The van der Waals surface area contributed by atoms with Crippen molar-refractivity contribution < 1.29 is 4.79 Å². The number of aromatic nitrogens is 1. The number of rotatable bonds is 3. The molecule has 0 bridgehead atoms. The van der Waals surface area contributed by atoms with Gasteiger partial charge in [-0.2, -0.15) is 0 Å². The van der Waals surface area contributed by atoms with Crippen molar-refractivity contribution in [3.8, 4) is 0 Å². The van der Waals surface area contributed by atoms with Crippen LogP contribution in [0.5, 0.6) is 0 Å². The molecule has 1 aliphatic heterocycles. The molecule has 2 aromatic rings. The third-order valence-corrected chi connectivity index (χ3v) is 5.06. The lowest BCUT2D eigenvalue weighted by Gasteiger charge is -2.20. The molecule has 1 aromatic carbocycles. The summed E-state index contributed by atoms with van der Waals surface area (Å²) in [6.07, 6.45) is 2.40. The zero-order valence-electron chi connectivity index (χ0n) is 12.4. The minimum Gasteiger partial charge on any atom is -0.341 e. The molecule has 0 N–H and O–H groups in total. The van der Waals surface area contributed by atoms with Gasteiger partial charge in [-0.05, 0) is 32.1 Å². The van der Waals surface area contributed by atoms with E-state index in [4.69, 9.17) is 0 Å². The SMILES string of the molecule is CN1CCCN(C(=O)CCc2nc3ccccc3s2)CC1. The minimum absolute atomic E-state index is 0.268. The molecule has 0 radical (unpaired) electrons. The minimum atomic E-state index is 0.268. The third-order valence-electron chi connectivity index (χ3n) is 3.96. The van der Waals surface area contributed by atoms with Crippen LogP contribution in [0.15, 0.2) is 24.3 Å². The predicted octanol–water partition coefficient (Wildman–Crippen LogP) is 2.39. The topological polar surface area (TPSA) is 36.4 Å². The molecule has 112 valence electrons. The second-order valence-corrected chi connectivity index (χ2v) is 6.73. The van der Waals surface area contributed by atoms with Gasteiger partial charge in [-0.3, -0.25) is 4.79 Å². The number of hydrogen-bond donors (Lipinski definition) is 0. The molecule has 1 saturated heterocycles. The Morgan fingerprint density at radius 3 is 2.95 bits per heavy atom. The number of fused-ring (bicyclic) bond motifs is 1. The fraction of sp³-hybridized carbons (Fsp3) is 0.500.